The molecule has 1 atom stereocenters. The third-order valence-electron chi connectivity index (χ3n) is 5.34. The van der Waals surface area contributed by atoms with Gasteiger partial charge in [0.15, 0.2) is 0 Å². The molecule has 29 heavy (non-hydrogen) atoms. The van der Waals surface area contributed by atoms with E-state index in [0.717, 1.165) is 29.5 Å². The first kappa shape index (κ1) is 20.6. The van der Waals surface area contributed by atoms with Gasteiger partial charge in [0.2, 0.25) is 0 Å². The Balaban J connectivity index is 1.58. The van der Waals surface area contributed by atoms with Crippen molar-refractivity contribution in [1.29, 1.82) is 5.26 Å². The minimum Gasteiger partial charge on any atom is -0.392 e. The Morgan fingerprint density at radius 3 is 2.52 bits per heavy atom. The van der Waals surface area contributed by atoms with Crippen LogP contribution in [0.15, 0.2) is 54.2 Å². The number of aryl methyl sites for hydroxylation is 2. The fourth-order valence-electron chi connectivity index (χ4n) is 3.56. The molecule has 1 amide bonds. The zero-order valence-corrected chi connectivity index (χ0v) is 16.7. The summed E-state index contributed by atoms with van der Waals surface area (Å²) >= 11 is 0. The molecule has 0 aliphatic heterocycles. The average Bonchev–Trinajstić information content (AvgIpc) is 2.76. The largest absolute Gasteiger partial charge is 0.392 e. The fourth-order valence-corrected chi connectivity index (χ4v) is 3.56. The topological polar surface area (TPSA) is 85.2 Å². The Hall–Kier alpha value is -3.10. The van der Waals surface area contributed by atoms with Gasteiger partial charge in [0.25, 0.3) is 5.91 Å². The second-order valence-electron chi connectivity index (χ2n) is 7.46. The molecule has 5 heteroatoms. The van der Waals surface area contributed by atoms with Gasteiger partial charge in [-0.1, -0.05) is 42.5 Å². The predicted molar refractivity (Wildman–Crippen MR) is 113 cm³/mol. The Morgan fingerprint density at radius 1 is 1.14 bits per heavy atom. The first-order chi connectivity index (χ1) is 14.1. The normalized spacial score (nSPS) is 14.4. The van der Waals surface area contributed by atoms with Gasteiger partial charge in [0.1, 0.15) is 11.6 Å². The lowest BCUT2D eigenvalue weighted by molar-refractivity contribution is -0.117. The molecule has 3 rings (SSSR count). The van der Waals surface area contributed by atoms with Gasteiger partial charge in [-0.3, -0.25) is 4.79 Å². The average molecular weight is 389 g/mol. The van der Waals surface area contributed by atoms with Crippen LogP contribution >= 0.6 is 0 Å². The smallest absolute Gasteiger partial charge is 0.263 e. The summed E-state index contributed by atoms with van der Waals surface area (Å²) in [6.45, 7) is 2.44. The van der Waals surface area contributed by atoms with Crippen LogP contribution in [0.3, 0.4) is 0 Å². The monoisotopic (exact) mass is 389 g/mol. The van der Waals surface area contributed by atoms with Crippen molar-refractivity contribution in [3.05, 3.63) is 82.1 Å². The number of aliphatic hydroxyl groups excluding tert-OH is 1. The molecule has 0 aromatic heterocycles. The van der Waals surface area contributed by atoms with E-state index in [1.54, 1.807) is 0 Å². The SMILES string of the molecule is CC(NC(=O)/C(C#N)=C\NCc1ccc(CO)cc1)c1ccc2c(c1)CCCC2. The van der Waals surface area contributed by atoms with Crippen LogP contribution in [-0.4, -0.2) is 11.0 Å². The van der Waals surface area contributed by atoms with Gasteiger partial charge in [-0.2, -0.15) is 5.26 Å². The van der Waals surface area contributed by atoms with Crippen LogP contribution in [0.4, 0.5) is 0 Å². The highest BCUT2D eigenvalue weighted by Gasteiger charge is 2.16. The molecular formula is C24H27N3O2. The Kier molecular flexibility index (Phi) is 7.04. The lowest BCUT2D eigenvalue weighted by atomic mass is 9.89. The van der Waals surface area contributed by atoms with E-state index in [9.17, 15) is 10.1 Å². The van der Waals surface area contributed by atoms with E-state index in [-0.39, 0.29) is 24.1 Å². The number of nitriles is 1. The quantitative estimate of drug-likeness (QED) is 0.500. The van der Waals surface area contributed by atoms with Crippen molar-refractivity contribution < 1.29 is 9.90 Å². The number of rotatable bonds is 7. The number of nitrogens with one attached hydrogen (secondary N) is 2. The highest BCUT2D eigenvalue weighted by atomic mass is 16.3. The molecule has 1 unspecified atom stereocenters. The number of benzene rings is 2. The van der Waals surface area contributed by atoms with Crippen LogP contribution < -0.4 is 10.6 Å². The van der Waals surface area contributed by atoms with E-state index in [1.807, 2.05) is 37.3 Å². The number of aliphatic hydroxyl groups is 1. The third-order valence-corrected chi connectivity index (χ3v) is 5.34. The van der Waals surface area contributed by atoms with Gasteiger partial charge in [-0.25, -0.2) is 0 Å². The molecule has 0 radical (unpaired) electrons. The minimum atomic E-state index is -0.388. The lowest BCUT2D eigenvalue weighted by Gasteiger charge is -2.20. The van der Waals surface area contributed by atoms with Gasteiger partial charge in [0, 0.05) is 12.7 Å². The van der Waals surface area contributed by atoms with Gasteiger partial charge in [-0.15, -0.1) is 0 Å². The summed E-state index contributed by atoms with van der Waals surface area (Å²) in [7, 11) is 0. The number of hydrogen-bond acceptors (Lipinski definition) is 4. The van der Waals surface area contributed by atoms with Crippen LogP contribution in [0.5, 0.6) is 0 Å². The summed E-state index contributed by atoms with van der Waals surface area (Å²) < 4.78 is 0. The molecule has 3 N–H and O–H groups in total. The molecule has 0 fully saturated rings. The first-order valence-electron chi connectivity index (χ1n) is 10.1. The zero-order valence-electron chi connectivity index (χ0n) is 16.7. The van der Waals surface area contributed by atoms with E-state index < -0.39 is 0 Å². The van der Waals surface area contributed by atoms with Crippen LogP contribution in [0.25, 0.3) is 0 Å². The van der Waals surface area contributed by atoms with Gasteiger partial charge in [-0.05, 0) is 60.4 Å². The van der Waals surface area contributed by atoms with Crippen molar-refractivity contribution in [2.75, 3.05) is 0 Å². The van der Waals surface area contributed by atoms with E-state index >= 15 is 0 Å². The van der Waals surface area contributed by atoms with E-state index in [0.29, 0.717) is 6.54 Å². The van der Waals surface area contributed by atoms with Crippen LogP contribution in [0.2, 0.25) is 0 Å². The Morgan fingerprint density at radius 2 is 1.83 bits per heavy atom. The third kappa shape index (κ3) is 5.46. The molecule has 0 spiro atoms. The summed E-state index contributed by atoms with van der Waals surface area (Å²) in [5.74, 6) is -0.388. The molecule has 2 aromatic carbocycles. The van der Waals surface area contributed by atoms with Crippen LogP contribution in [0, 0.1) is 11.3 Å². The van der Waals surface area contributed by atoms with Crippen molar-refractivity contribution in [3.8, 4) is 6.07 Å². The molecule has 2 aromatic rings. The van der Waals surface area contributed by atoms with E-state index in [4.69, 9.17) is 5.11 Å². The van der Waals surface area contributed by atoms with Crippen molar-refractivity contribution in [2.45, 2.75) is 51.8 Å². The summed E-state index contributed by atoms with van der Waals surface area (Å²) in [6, 6.07) is 15.7. The second kappa shape index (κ2) is 9.90. The number of hydrogen-bond donors (Lipinski definition) is 3. The Bertz CT molecular complexity index is 926. The van der Waals surface area contributed by atoms with Crippen LogP contribution in [-0.2, 0) is 30.8 Å². The van der Waals surface area contributed by atoms with Crippen molar-refractivity contribution in [1.82, 2.24) is 10.6 Å². The molecule has 1 aliphatic carbocycles. The molecule has 5 nitrogen and oxygen atoms in total. The zero-order chi connectivity index (χ0) is 20.6. The molecular weight excluding hydrogens is 362 g/mol. The summed E-state index contributed by atoms with van der Waals surface area (Å²) in [6.07, 6.45) is 6.14. The summed E-state index contributed by atoms with van der Waals surface area (Å²) in [5.41, 5.74) is 5.73. The van der Waals surface area contributed by atoms with Crippen molar-refractivity contribution in [3.63, 3.8) is 0 Å². The molecule has 0 saturated heterocycles. The lowest BCUT2D eigenvalue weighted by Crippen LogP contribution is -2.28. The highest BCUT2D eigenvalue weighted by molar-refractivity contribution is 5.97. The maximum Gasteiger partial charge on any atom is 0.263 e. The Labute approximate surface area is 172 Å². The van der Waals surface area contributed by atoms with Crippen LogP contribution in [0.1, 0.15) is 53.6 Å². The number of nitrogens with zero attached hydrogens (tertiary/aromatic N) is 1. The summed E-state index contributed by atoms with van der Waals surface area (Å²) in [4.78, 5) is 12.5. The molecule has 150 valence electrons. The predicted octanol–water partition coefficient (Wildman–Crippen LogP) is 3.43. The van der Waals surface area contributed by atoms with Gasteiger partial charge >= 0.3 is 0 Å². The van der Waals surface area contributed by atoms with Gasteiger partial charge in [0.05, 0.1) is 12.6 Å². The molecule has 0 heterocycles. The number of fused-ring (bicyclic) bond motifs is 1. The minimum absolute atomic E-state index is 0.00870. The van der Waals surface area contributed by atoms with E-state index in [2.05, 4.69) is 28.8 Å². The van der Waals surface area contributed by atoms with Crippen molar-refractivity contribution in [2.24, 2.45) is 0 Å². The number of carbonyl (C=O) groups excluding carboxylic acids is 1. The summed E-state index contributed by atoms with van der Waals surface area (Å²) in [5, 5.41) is 24.4. The van der Waals surface area contributed by atoms with Gasteiger partial charge < -0.3 is 15.7 Å². The molecule has 0 saturated carbocycles. The second-order valence-corrected chi connectivity index (χ2v) is 7.46. The number of amides is 1. The highest BCUT2D eigenvalue weighted by Crippen LogP contribution is 2.24. The number of carbonyl (C=O) groups is 1. The first-order valence-corrected chi connectivity index (χ1v) is 10.1. The standard InChI is InChI=1S/C24H27N3O2/c1-17(21-11-10-20-4-2-3-5-22(20)12-21)27-24(29)23(13-25)15-26-14-18-6-8-19(16-28)9-7-18/h6-12,15,17,26,28H,2-5,14,16H2,1H3,(H,27,29)/b23-15-. The maximum atomic E-state index is 12.5. The van der Waals surface area contributed by atoms with Crippen molar-refractivity contribution >= 4 is 5.91 Å². The maximum absolute atomic E-state index is 12.5. The molecule has 0 bridgehead atoms. The molecule has 1 aliphatic rings. The fraction of sp³-hybridized carbons (Fsp3) is 0.333. The van der Waals surface area contributed by atoms with E-state index in [1.165, 1.54) is 30.2 Å².